The maximum absolute atomic E-state index is 16.1. The number of cyclic esters (lactones) is 1. The number of aliphatic hydroxyl groups excluding tert-OH is 2. The lowest BCUT2D eigenvalue weighted by Gasteiger charge is -2.41. The number of carboxylic acids is 3. The first kappa shape index (κ1) is 114. The second-order valence-electron chi connectivity index (χ2n) is 39.6. The summed E-state index contributed by atoms with van der Waals surface area (Å²) in [5.74, 6) is -17.5. The molecule has 22 N–H and O–H groups in total. The number of carbonyl (C=O) groups is 18. The molecule has 3 aromatic carbocycles. The molecule has 2 aromatic heterocycles. The van der Waals surface area contributed by atoms with Gasteiger partial charge in [0.2, 0.25) is 82.7 Å². The molecule has 2 spiro atoms. The van der Waals surface area contributed by atoms with Crippen molar-refractivity contribution >= 4 is 139 Å². The van der Waals surface area contributed by atoms with E-state index in [1.54, 1.807) is 97.1 Å². The predicted molar refractivity (Wildman–Crippen MR) is 535 cm³/mol. The van der Waals surface area contributed by atoms with Gasteiger partial charge in [0.15, 0.2) is 0 Å². The van der Waals surface area contributed by atoms with Gasteiger partial charge in [-0.2, -0.15) is 11.3 Å². The fourth-order valence-electron chi connectivity index (χ4n) is 18.5. The van der Waals surface area contributed by atoms with E-state index >= 15 is 33.6 Å². The average Bonchev–Trinajstić information content (AvgIpc) is 1.63. The predicted octanol–water partition coefficient (Wildman–Crippen LogP) is 2.40. The Morgan fingerprint density at radius 3 is 1.84 bits per heavy atom. The molecule has 0 radical (unpaired) electrons. The number of rotatable bonds is 18. The molecule has 5 aliphatic heterocycles. The molecule has 3 fully saturated rings. The summed E-state index contributed by atoms with van der Waals surface area (Å²) in [6.07, 6.45) is 0.185. The molecule has 3 unspecified atom stereocenters. The Hall–Kier alpha value is -13.1. The number of aromatic carboxylic acids is 1. The van der Waals surface area contributed by atoms with Crippen LogP contribution in [0.4, 0.5) is 4.79 Å². The topological polar surface area (TPSA) is 631 Å². The first-order valence-electron chi connectivity index (χ1n) is 49.2. The number of fused-ring (bicyclic) bond motifs is 4. The summed E-state index contributed by atoms with van der Waals surface area (Å²) in [4.78, 5) is 264. The third-order valence-corrected chi connectivity index (χ3v) is 28.2. The van der Waals surface area contributed by atoms with Crippen LogP contribution in [0.3, 0.4) is 0 Å². The summed E-state index contributed by atoms with van der Waals surface area (Å²) in [7, 11) is 0. The molecule has 5 aliphatic rings. The standard InChI is InChI=1S/C101H138N18O24S2/c1-58(82(102)126)104-84(128)68-35-36-79(121)103-42-24-20-33-67-85(129)113-77-55-118(54-76(77)106-69(49-63-37-45-144-56-63)86(130)111-72(88(132)108-68)50-65-57-145-78-34-19-18-32-66(65)78)97(142)143-44-25-14-10-9-11-21-38-100(39-22-12-13-23-40-101(41-27-43-119(101)60(3)120)96(141)115-74(52-81(124)125)90(134)112-75(92(136)117-100)53-98(4,5)6)95(140)114-73(51-80(122)123)89(133)110-71(48-62-30-26-31-64(46-62)93(137)138)91(135)116-99(7,8)94(139)105-59(2)83(127)109-70(87(131)107-67)47-61-28-16-15-17-29-61/h9-10,13,15-19,23,26,28-32,34,37,45-46,56-60,67-77,92,106,117,120,136H,11-12,14,20-22,24-25,27,33,35-36,38-44,47-55H2,1-8H3,(H2,102,126)(H,103,121)(H,104,128)(H,105,139)(H,107,131)(H,108,132)(H,109,127)(H,110,133)(H,111,130)(H,112,134)(H,113,129)(H,114,140)(H,115,141)(H,116,135)(H,122,123)(H,124,125)(H,137,138)/b10-9-,23-13+/t58-,59-,60?,67-,68-,69-,70-,71-,72-,73-,74-,75-,76?,77+,92?,100+,101-/m0/s1. The quantitative estimate of drug-likeness (QED) is 0.0560. The molecule has 0 aliphatic carbocycles. The van der Waals surface area contributed by atoms with Gasteiger partial charge in [0.1, 0.15) is 77.9 Å². The van der Waals surface area contributed by atoms with Gasteiger partial charge in [-0.3, -0.25) is 92.2 Å². The second kappa shape index (κ2) is 53.1. The van der Waals surface area contributed by atoms with Gasteiger partial charge in [0.05, 0.1) is 48.7 Å². The fourth-order valence-corrected chi connectivity index (χ4v) is 20.2. The van der Waals surface area contributed by atoms with Crippen LogP contribution in [-0.2, 0) is 107 Å². The Labute approximate surface area is 848 Å². The Balaban J connectivity index is 1.04. The average molecular weight is 2050 g/mol. The number of hydrogen-bond donors (Lipinski definition) is 21. The van der Waals surface area contributed by atoms with Crippen molar-refractivity contribution in [2.75, 3.05) is 32.8 Å². The van der Waals surface area contributed by atoms with Gasteiger partial charge in [-0.15, -0.1) is 11.3 Å². The molecule has 10 rings (SSSR count). The molecular formula is C101H138N18O24S2. The van der Waals surface area contributed by atoms with Gasteiger partial charge in [-0.25, -0.2) is 9.59 Å². The number of hydrogen-bond acceptors (Lipinski definition) is 26. The minimum atomic E-state index is -2.11. The summed E-state index contributed by atoms with van der Waals surface area (Å²) in [6, 6.07) is 3.35. The molecule has 42 nitrogen and oxygen atoms in total. The highest BCUT2D eigenvalue weighted by molar-refractivity contribution is 7.17. The minimum absolute atomic E-state index is 0.0253. The maximum atomic E-state index is 16.1. The SMILES string of the molecule is CC(O)N1CCC[C@]12C/C=C/CCC[C@@]1(CCC/C=C\CCCOC(=O)N3CC4N[C@@H](Cc5ccsc5)C(=O)N[C@@H](Cc5csc6ccccc56)C(=O)N[C@H](C(=O)N[C@@H](C)C(N)=O)CCC(=O)NCCCC[C@H](NC(=O)[C@H](Cc5ccccc5)NC(=O)[C@H](C)NC(=O)C(C)(C)NC(=O)[C@H](Cc5cccc(C(=O)O)c5)NC(=O)[C@H](CC(=O)O)NC1=O)C(=O)N[C@@H]4C3)NC(O)[C@H](CC(C)(C)C)NC(=O)[C@H](CC(=O)O)NC2=O. The number of nitrogens with zero attached hydrogens (tertiary/aromatic N) is 2. The smallest absolute Gasteiger partial charge is 0.409 e. The van der Waals surface area contributed by atoms with E-state index in [4.69, 9.17) is 10.5 Å². The second-order valence-corrected chi connectivity index (χ2v) is 41.3. The van der Waals surface area contributed by atoms with E-state index in [1.165, 1.54) is 86.5 Å². The number of carboxylic acid groups (broad SMARTS) is 3. The zero-order valence-corrected chi connectivity index (χ0v) is 84.5. The lowest BCUT2D eigenvalue weighted by atomic mass is 9.83. The number of carbonyl (C=O) groups excluding carboxylic acids is 15. The normalized spacial score (nSPS) is 27.7. The van der Waals surface area contributed by atoms with Crippen molar-refractivity contribution in [1.82, 2.24) is 89.6 Å². The first-order valence-corrected chi connectivity index (χ1v) is 51.0. The number of nitrogens with two attached hydrogens (primary N) is 1. The number of likely N-dealkylation sites (tertiary alicyclic amines) is 1. The van der Waals surface area contributed by atoms with Gasteiger partial charge in [0, 0.05) is 62.6 Å². The van der Waals surface area contributed by atoms with Crippen LogP contribution in [0, 0.1) is 5.41 Å². The Morgan fingerprint density at radius 2 is 1.18 bits per heavy atom. The first-order chi connectivity index (χ1) is 68.8. The summed E-state index contributed by atoms with van der Waals surface area (Å²) in [6.45, 7) is 11.4. The number of aliphatic carboxylic acids is 2. The van der Waals surface area contributed by atoms with Crippen LogP contribution in [-0.4, -0.2) is 282 Å². The van der Waals surface area contributed by atoms with Crippen molar-refractivity contribution in [3.8, 4) is 0 Å². The number of nitrogens with one attached hydrogen (secondary N) is 15. The number of benzene rings is 3. The number of aliphatic hydroxyl groups is 2. The van der Waals surface area contributed by atoms with E-state index in [1.807, 2.05) is 29.6 Å². The van der Waals surface area contributed by atoms with Crippen molar-refractivity contribution < 1.29 is 117 Å². The summed E-state index contributed by atoms with van der Waals surface area (Å²) in [5, 5.41) is 103. The molecular weight excluding hydrogens is 1910 g/mol. The third-order valence-electron chi connectivity index (χ3n) is 26.4. The molecule has 5 aromatic rings. The third kappa shape index (κ3) is 33.5. The van der Waals surface area contributed by atoms with Gasteiger partial charge in [-0.1, -0.05) is 106 Å². The summed E-state index contributed by atoms with van der Waals surface area (Å²) < 4.78 is 6.84. The monoisotopic (exact) mass is 2050 g/mol. The molecule has 17 atom stereocenters. The summed E-state index contributed by atoms with van der Waals surface area (Å²) in [5.41, 5.74) is 0.791. The van der Waals surface area contributed by atoms with E-state index in [2.05, 4.69) is 79.8 Å². The number of allylic oxidation sites excluding steroid dienone is 3. The molecule has 0 saturated carbocycles. The molecule has 44 heteroatoms. The highest BCUT2D eigenvalue weighted by atomic mass is 32.1. The van der Waals surface area contributed by atoms with Crippen LogP contribution >= 0.6 is 22.7 Å². The van der Waals surface area contributed by atoms with E-state index in [0.717, 1.165) is 10.1 Å². The Kier molecular flexibility index (Phi) is 41.7. The lowest BCUT2D eigenvalue weighted by molar-refractivity contribution is -0.145. The molecule has 3 bridgehead atoms. The van der Waals surface area contributed by atoms with E-state index < -0.39 is 239 Å². The Bertz CT molecular complexity index is 5500. The van der Waals surface area contributed by atoms with Crippen LogP contribution in [0.2, 0.25) is 0 Å². The Morgan fingerprint density at radius 1 is 0.579 bits per heavy atom. The zero-order valence-electron chi connectivity index (χ0n) is 82.9. The minimum Gasteiger partial charge on any atom is -0.481 e. The fraction of sp³-hybridized carbons (Fsp3) is 0.545. The van der Waals surface area contributed by atoms with Crippen molar-refractivity contribution in [2.24, 2.45) is 11.1 Å². The number of primary amides is 1. The van der Waals surface area contributed by atoms with Gasteiger partial charge in [0.25, 0.3) is 0 Å². The molecule has 3 saturated heterocycles. The number of amides is 15. The van der Waals surface area contributed by atoms with Gasteiger partial charge in [-0.05, 0) is 217 Å². The van der Waals surface area contributed by atoms with Crippen LogP contribution in [0.15, 0.2) is 125 Å². The van der Waals surface area contributed by atoms with Crippen LogP contribution in [0.25, 0.3) is 10.1 Å². The highest BCUT2D eigenvalue weighted by Gasteiger charge is 2.51. The van der Waals surface area contributed by atoms with Crippen molar-refractivity contribution in [2.45, 2.75) is 311 Å². The van der Waals surface area contributed by atoms with Gasteiger partial charge < -0.3 is 110 Å². The molecule has 145 heavy (non-hydrogen) atoms. The summed E-state index contributed by atoms with van der Waals surface area (Å²) >= 11 is 2.72. The van der Waals surface area contributed by atoms with Crippen molar-refractivity contribution in [1.29, 1.82) is 0 Å². The number of thiophene rings is 2. The molecule has 7 heterocycles. The molecule has 788 valence electrons. The zero-order chi connectivity index (χ0) is 106. The van der Waals surface area contributed by atoms with E-state index in [-0.39, 0.29) is 166 Å². The maximum Gasteiger partial charge on any atom is 0.409 e. The van der Waals surface area contributed by atoms with E-state index in [0.29, 0.717) is 23.1 Å². The lowest BCUT2D eigenvalue weighted by Crippen LogP contribution is -2.67. The van der Waals surface area contributed by atoms with Crippen molar-refractivity contribution in [3.63, 3.8) is 0 Å². The van der Waals surface area contributed by atoms with Gasteiger partial charge >= 0.3 is 24.0 Å². The van der Waals surface area contributed by atoms with E-state index in [9.17, 15) is 78.3 Å². The highest BCUT2D eigenvalue weighted by Crippen LogP contribution is 2.37. The van der Waals surface area contributed by atoms with Crippen LogP contribution in [0.1, 0.15) is 210 Å². The van der Waals surface area contributed by atoms with Crippen molar-refractivity contribution in [3.05, 3.63) is 153 Å². The van der Waals surface area contributed by atoms with Crippen LogP contribution < -0.4 is 85.5 Å². The van der Waals surface area contributed by atoms with Crippen LogP contribution in [0.5, 0.6) is 0 Å². The largest absolute Gasteiger partial charge is 0.481 e. The molecule has 15 amide bonds. The number of ether oxygens (including phenoxy) is 1.